The molecule has 3 rings (SSSR count). The summed E-state index contributed by atoms with van der Waals surface area (Å²) in [5.41, 5.74) is 2.35. The zero-order valence-electron chi connectivity index (χ0n) is 11.8. The first-order chi connectivity index (χ1) is 9.61. The molecule has 0 radical (unpaired) electrons. The van der Waals surface area contributed by atoms with Crippen LogP contribution in [0.25, 0.3) is 21.9 Å². The summed E-state index contributed by atoms with van der Waals surface area (Å²) in [5, 5.41) is 2.19. The monoisotopic (exact) mass is 287 g/mol. The van der Waals surface area contributed by atoms with E-state index >= 15 is 0 Å². The lowest BCUT2D eigenvalue weighted by atomic mass is 10.2. The van der Waals surface area contributed by atoms with Gasteiger partial charge in [0, 0.05) is 22.7 Å². The lowest BCUT2D eigenvalue weighted by Crippen LogP contribution is -2.22. The molecule has 0 saturated carbocycles. The molecule has 0 bridgehead atoms. The van der Waals surface area contributed by atoms with Crippen LogP contribution in [0.5, 0.6) is 0 Å². The molecule has 0 unspecified atom stereocenters. The highest BCUT2D eigenvalue weighted by atomic mass is 32.2. The molecule has 2 aromatic heterocycles. The van der Waals surface area contributed by atoms with Gasteiger partial charge in [-0.2, -0.15) is 0 Å². The van der Waals surface area contributed by atoms with Gasteiger partial charge in [0.2, 0.25) is 0 Å². The van der Waals surface area contributed by atoms with Gasteiger partial charge in [-0.1, -0.05) is 43.8 Å². The highest BCUT2D eigenvalue weighted by Gasteiger charge is 2.15. The molecule has 1 aromatic carbocycles. The molecule has 0 saturated heterocycles. The molecule has 4 nitrogen and oxygen atoms in total. The van der Waals surface area contributed by atoms with E-state index in [0.717, 1.165) is 21.6 Å². The second-order valence-electron chi connectivity index (χ2n) is 5.00. The molecule has 0 atom stereocenters. The van der Waals surface area contributed by atoms with Crippen LogP contribution in [-0.4, -0.2) is 19.8 Å². The Morgan fingerprint density at radius 1 is 1.35 bits per heavy atom. The number of fused-ring (bicyclic) bond motifs is 3. The summed E-state index contributed by atoms with van der Waals surface area (Å²) < 4.78 is 1.74. The molecule has 0 amide bonds. The Labute approximate surface area is 121 Å². The van der Waals surface area contributed by atoms with E-state index in [2.05, 4.69) is 18.8 Å². The number of thioether (sulfide) groups is 1. The maximum Gasteiger partial charge on any atom is 0.278 e. The van der Waals surface area contributed by atoms with Crippen molar-refractivity contribution in [3.63, 3.8) is 0 Å². The van der Waals surface area contributed by atoms with E-state index < -0.39 is 0 Å². The van der Waals surface area contributed by atoms with Crippen LogP contribution in [0, 0.1) is 0 Å². The highest BCUT2D eigenvalue weighted by Crippen LogP contribution is 2.26. The fourth-order valence-corrected chi connectivity index (χ4v) is 3.26. The van der Waals surface area contributed by atoms with Crippen LogP contribution in [0.2, 0.25) is 0 Å². The van der Waals surface area contributed by atoms with E-state index in [1.807, 2.05) is 31.2 Å². The summed E-state index contributed by atoms with van der Waals surface area (Å²) >= 11 is 1.63. The second-order valence-corrected chi connectivity index (χ2v) is 6.55. The van der Waals surface area contributed by atoms with Gasteiger partial charge in [0.1, 0.15) is 11.0 Å². The molecule has 0 aliphatic carbocycles. The van der Waals surface area contributed by atoms with Gasteiger partial charge in [-0.3, -0.25) is 9.36 Å². The van der Waals surface area contributed by atoms with Crippen LogP contribution < -0.4 is 5.56 Å². The first-order valence-electron chi connectivity index (χ1n) is 6.79. The first kappa shape index (κ1) is 13.2. The predicted octanol–water partition coefficient (Wildman–Crippen LogP) is 3.40. The molecule has 0 aliphatic rings. The van der Waals surface area contributed by atoms with Crippen LogP contribution in [0.3, 0.4) is 0 Å². The summed E-state index contributed by atoms with van der Waals surface area (Å²) in [6.07, 6.45) is 0. The van der Waals surface area contributed by atoms with Gasteiger partial charge in [0.25, 0.3) is 5.56 Å². The summed E-state index contributed by atoms with van der Waals surface area (Å²) in [6, 6.07) is 7.90. The number of benzene rings is 1. The van der Waals surface area contributed by atoms with Crippen molar-refractivity contribution >= 4 is 33.7 Å². The fraction of sp³-hybridized carbons (Fsp3) is 0.333. The van der Waals surface area contributed by atoms with Crippen molar-refractivity contribution in [2.75, 3.05) is 0 Å². The molecule has 3 aromatic rings. The third-order valence-electron chi connectivity index (χ3n) is 3.23. The lowest BCUT2D eigenvalue weighted by Gasteiger charge is -2.11. The third kappa shape index (κ3) is 2.02. The van der Waals surface area contributed by atoms with Gasteiger partial charge in [-0.15, -0.1) is 0 Å². The summed E-state index contributed by atoms with van der Waals surface area (Å²) in [5.74, 6) is 0. The van der Waals surface area contributed by atoms with Gasteiger partial charge >= 0.3 is 0 Å². The Bertz CT molecular complexity index is 832. The van der Waals surface area contributed by atoms with Crippen molar-refractivity contribution in [1.82, 2.24) is 14.5 Å². The number of aromatic amines is 1. The van der Waals surface area contributed by atoms with E-state index in [1.54, 1.807) is 16.3 Å². The maximum atomic E-state index is 12.6. The molecule has 0 aliphatic heterocycles. The Morgan fingerprint density at radius 3 is 2.80 bits per heavy atom. The highest BCUT2D eigenvalue weighted by molar-refractivity contribution is 7.99. The van der Waals surface area contributed by atoms with Crippen molar-refractivity contribution < 1.29 is 0 Å². The first-order valence-corrected chi connectivity index (χ1v) is 7.67. The number of nitrogens with one attached hydrogen (secondary N) is 1. The zero-order chi connectivity index (χ0) is 14.3. The predicted molar refractivity (Wildman–Crippen MR) is 84.5 cm³/mol. The minimum absolute atomic E-state index is 0.0110. The molecular formula is C15H17N3OS. The molecule has 1 N–H and O–H groups in total. The number of hydrogen-bond acceptors (Lipinski definition) is 3. The minimum Gasteiger partial charge on any atom is -0.349 e. The van der Waals surface area contributed by atoms with E-state index in [4.69, 9.17) is 4.98 Å². The fourth-order valence-electron chi connectivity index (χ4n) is 2.36. The standard InChI is InChI=1S/C15H17N3OS/c1-4-18-14(19)13-12(17-15(18)20-9(2)3)10-7-5-6-8-11(10)16-13/h5-9,16H,4H2,1-3H3. The van der Waals surface area contributed by atoms with Gasteiger partial charge in [0.15, 0.2) is 5.16 Å². The van der Waals surface area contributed by atoms with Crippen molar-refractivity contribution in [2.24, 2.45) is 0 Å². The average Bonchev–Trinajstić information content (AvgIpc) is 2.78. The van der Waals surface area contributed by atoms with Crippen molar-refractivity contribution in [3.05, 3.63) is 34.6 Å². The SMILES string of the molecule is CCn1c(SC(C)C)nc2c([nH]c3ccccc32)c1=O. The maximum absolute atomic E-state index is 12.6. The van der Waals surface area contributed by atoms with E-state index in [0.29, 0.717) is 17.3 Å². The molecule has 20 heavy (non-hydrogen) atoms. The normalized spacial score (nSPS) is 11.8. The van der Waals surface area contributed by atoms with Gasteiger partial charge in [-0.25, -0.2) is 4.98 Å². The van der Waals surface area contributed by atoms with Crippen molar-refractivity contribution in [1.29, 1.82) is 0 Å². The Balaban J connectivity index is 2.40. The number of rotatable bonds is 3. The smallest absolute Gasteiger partial charge is 0.278 e. The van der Waals surface area contributed by atoms with Crippen LogP contribution in [0.1, 0.15) is 20.8 Å². The second kappa shape index (κ2) is 4.98. The van der Waals surface area contributed by atoms with Crippen molar-refractivity contribution in [2.45, 2.75) is 37.7 Å². The Hall–Kier alpha value is -1.75. The number of nitrogens with zero attached hydrogens (tertiary/aromatic N) is 2. The summed E-state index contributed by atoms with van der Waals surface area (Å²) in [6.45, 7) is 6.82. The topological polar surface area (TPSA) is 50.7 Å². The van der Waals surface area contributed by atoms with Gasteiger partial charge in [0.05, 0.1) is 0 Å². The molecular weight excluding hydrogens is 270 g/mol. The Kier molecular flexibility index (Phi) is 3.30. The number of hydrogen-bond donors (Lipinski definition) is 1. The number of H-pyrrole nitrogens is 1. The average molecular weight is 287 g/mol. The Morgan fingerprint density at radius 2 is 2.10 bits per heavy atom. The van der Waals surface area contributed by atoms with Gasteiger partial charge in [-0.05, 0) is 13.0 Å². The van der Waals surface area contributed by atoms with Crippen LogP contribution >= 0.6 is 11.8 Å². The van der Waals surface area contributed by atoms with E-state index in [9.17, 15) is 4.79 Å². The van der Waals surface area contributed by atoms with Crippen LogP contribution in [0.15, 0.2) is 34.2 Å². The van der Waals surface area contributed by atoms with E-state index in [1.165, 1.54) is 0 Å². The largest absolute Gasteiger partial charge is 0.349 e. The minimum atomic E-state index is 0.0110. The van der Waals surface area contributed by atoms with Crippen LogP contribution in [0.4, 0.5) is 0 Å². The number of aromatic nitrogens is 3. The molecule has 0 spiro atoms. The lowest BCUT2D eigenvalue weighted by molar-refractivity contribution is 0.633. The summed E-state index contributed by atoms with van der Waals surface area (Å²) in [4.78, 5) is 20.5. The number of para-hydroxylation sites is 1. The molecule has 2 heterocycles. The molecule has 0 fully saturated rings. The molecule has 5 heteroatoms. The quantitative estimate of drug-likeness (QED) is 0.593. The third-order valence-corrected chi connectivity index (χ3v) is 4.23. The van der Waals surface area contributed by atoms with Crippen LogP contribution in [-0.2, 0) is 6.54 Å². The molecule has 104 valence electrons. The summed E-state index contributed by atoms with van der Waals surface area (Å²) in [7, 11) is 0. The van der Waals surface area contributed by atoms with E-state index in [-0.39, 0.29) is 5.56 Å². The zero-order valence-corrected chi connectivity index (χ0v) is 12.6. The van der Waals surface area contributed by atoms with Gasteiger partial charge < -0.3 is 4.98 Å². The van der Waals surface area contributed by atoms with Crippen molar-refractivity contribution in [3.8, 4) is 0 Å².